The van der Waals surface area contributed by atoms with E-state index >= 15 is 0 Å². The summed E-state index contributed by atoms with van der Waals surface area (Å²) < 4.78 is 25.1. The summed E-state index contributed by atoms with van der Waals surface area (Å²) >= 11 is 0. The third-order valence-corrected chi connectivity index (χ3v) is 6.68. The molecule has 4 rings (SSSR count). The maximum absolute atomic E-state index is 12.5. The van der Waals surface area contributed by atoms with Crippen LogP contribution in [0.25, 0.3) is 0 Å². The summed E-state index contributed by atoms with van der Waals surface area (Å²) in [5.74, 6) is 0.814. The molecule has 168 valence electrons. The van der Waals surface area contributed by atoms with Crippen molar-refractivity contribution in [3.63, 3.8) is 0 Å². The number of piperazine rings is 1. The SMILES string of the molecule is Cc1ccc(S(=O)(=O)NNc2ncnc(N3CCN(Cc4ccccc4)CC3)c2N)cc1. The predicted molar refractivity (Wildman–Crippen MR) is 125 cm³/mol. The van der Waals surface area contributed by atoms with E-state index in [4.69, 9.17) is 5.73 Å². The van der Waals surface area contributed by atoms with Gasteiger partial charge in [-0.1, -0.05) is 48.0 Å². The van der Waals surface area contributed by atoms with Gasteiger partial charge in [0.25, 0.3) is 10.0 Å². The fourth-order valence-electron chi connectivity index (χ4n) is 3.59. The fourth-order valence-corrected chi connectivity index (χ4v) is 4.43. The second kappa shape index (κ2) is 9.51. The smallest absolute Gasteiger partial charge is 0.257 e. The highest BCUT2D eigenvalue weighted by atomic mass is 32.2. The van der Waals surface area contributed by atoms with Crippen LogP contribution in [0.5, 0.6) is 0 Å². The van der Waals surface area contributed by atoms with Gasteiger partial charge in [0.15, 0.2) is 11.6 Å². The van der Waals surface area contributed by atoms with Gasteiger partial charge in [-0.15, -0.1) is 4.83 Å². The van der Waals surface area contributed by atoms with Crippen LogP contribution in [0.1, 0.15) is 11.1 Å². The Morgan fingerprint density at radius 3 is 2.34 bits per heavy atom. The van der Waals surface area contributed by atoms with Gasteiger partial charge < -0.3 is 10.6 Å². The fraction of sp³-hybridized carbons (Fsp3) is 0.273. The number of benzene rings is 2. The van der Waals surface area contributed by atoms with Crippen molar-refractivity contribution < 1.29 is 8.42 Å². The van der Waals surface area contributed by atoms with Crippen molar-refractivity contribution in [3.8, 4) is 0 Å². The molecule has 1 aromatic heterocycles. The molecule has 0 radical (unpaired) electrons. The van der Waals surface area contributed by atoms with Crippen molar-refractivity contribution in [2.24, 2.45) is 0 Å². The molecule has 2 heterocycles. The number of nitrogen functional groups attached to an aromatic ring is 1. The highest BCUT2D eigenvalue weighted by molar-refractivity contribution is 7.89. The normalized spacial score (nSPS) is 15.0. The standard InChI is InChI=1S/C22H27N7O2S/c1-17-7-9-19(10-8-17)32(30,31)27-26-21-20(23)22(25-16-24-21)29-13-11-28(12-14-29)15-18-5-3-2-4-6-18/h2-10,16,27H,11-15,23H2,1H3,(H,24,25,26). The van der Waals surface area contributed by atoms with Crippen molar-refractivity contribution in [1.82, 2.24) is 19.7 Å². The highest BCUT2D eigenvalue weighted by Gasteiger charge is 2.22. The van der Waals surface area contributed by atoms with Gasteiger partial charge in [-0.2, -0.15) is 0 Å². The van der Waals surface area contributed by atoms with E-state index in [1.807, 2.05) is 13.0 Å². The Labute approximate surface area is 188 Å². The molecule has 0 unspecified atom stereocenters. The van der Waals surface area contributed by atoms with Crippen LogP contribution >= 0.6 is 0 Å². The van der Waals surface area contributed by atoms with Crippen molar-refractivity contribution in [2.45, 2.75) is 18.4 Å². The van der Waals surface area contributed by atoms with Crippen LogP contribution in [0.2, 0.25) is 0 Å². The van der Waals surface area contributed by atoms with Crippen LogP contribution in [0.4, 0.5) is 17.3 Å². The number of sulfonamides is 1. The van der Waals surface area contributed by atoms with Crippen LogP contribution in [0.3, 0.4) is 0 Å². The maximum Gasteiger partial charge on any atom is 0.257 e. The van der Waals surface area contributed by atoms with Gasteiger partial charge >= 0.3 is 0 Å². The van der Waals surface area contributed by atoms with Crippen LogP contribution in [-0.2, 0) is 16.6 Å². The first-order valence-electron chi connectivity index (χ1n) is 10.4. The third kappa shape index (κ3) is 5.16. The average molecular weight is 454 g/mol. The topological polar surface area (TPSA) is 116 Å². The zero-order chi connectivity index (χ0) is 22.6. The molecule has 0 atom stereocenters. The largest absolute Gasteiger partial charge is 0.393 e. The number of hydrogen-bond acceptors (Lipinski definition) is 8. The second-order valence-electron chi connectivity index (χ2n) is 7.75. The predicted octanol–water partition coefficient (Wildman–Crippen LogP) is 1.99. The van der Waals surface area contributed by atoms with Crippen LogP contribution < -0.4 is 20.9 Å². The summed E-state index contributed by atoms with van der Waals surface area (Å²) in [6, 6.07) is 16.9. The monoisotopic (exact) mass is 453 g/mol. The minimum atomic E-state index is -3.76. The lowest BCUT2D eigenvalue weighted by Crippen LogP contribution is -2.46. The van der Waals surface area contributed by atoms with Crippen LogP contribution in [-0.4, -0.2) is 49.5 Å². The van der Waals surface area contributed by atoms with Gasteiger partial charge in [0.2, 0.25) is 0 Å². The molecule has 32 heavy (non-hydrogen) atoms. The van der Waals surface area contributed by atoms with E-state index in [1.54, 1.807) is 24.3 Å². The van der Waals surface area contributed by atoms with Gasteiger partial charge in [0.05, 0.1) is 4.90 Å². The van der Waals surface area contributed by atoms with Crippen molar-refractivity contribution in [1.29, 1.82) is 0 Å². The molecule has 2 aromatic carbocycles. The van der Waals surface area contributed by atoms with E-state index in [2.05, 4.69) is 54.3 Å². The minimum Gasteiger partial charge on any atom is -0.393 e. The van der Waals surface area contributed by atoms with E-state index in [0.29, 0.717) is 11.5 Å². The van der Waals surface area contributed by atoms with Crippen LogP contribution in [0.15, 0.2) is 65.8 Å². The molecule has 3 aromatic rings. The van der Waals surface area contributed by atoms with Gasteiger partial charge in [0.1, 0.15) is 12.0 Å². The molecule has 1 aliphatic rings. The zero-order valence-electron chi connectivity index (χ0n) is 17.9. The summed E-state index contributed by atoms with van der Waals surface area (Å²) in [7, 11) is -3.76. The van der Waals surface area contributed by atoms with E-state index in [1.165, 1.54) is 11.9 Å². The number of nitrogens with two attached hydrogens (primary N) is 1. The molecule has 0 bridgehead atoms. The molecule has 1 saturated heterocycles. The van der Waals surface area contributed by atoms with Crippen molar-refractivity contribution in [3.05, 3.63) is 72.1 Å². The van der Waals surface area contributed by atoms with Crippen molar-refractivity contribution >= 4 is 27.3 Å². The number of rotatable bonds is 7. The Hall–Kier alpha value is -3.21. The van der Waals surface area contributed by atoms with Gasteiger partial charge in [-0.3, -0.25) is 10.3 Å². The Kier molecular flexibility index (Phi) is 6.54. The molecule has 0 spiro atoms. The Morgan fingerprint density at radius 2 is 1.66 bits per heavy atom. The Balaban J connectivity index is 1.39. The number of aryl methyl sites for hydroxylation is 1. The Bertz CT molecular complexity index is 1150. The second-order valence-corrected chi connectivity index (χ2v) is 9.43. The molecule has 1 aliphatic heterocycles. The van der Waals surface area contributed by atoms with E-state index in [-0.39, 0.29) is 10.7 Å². The summed E-state index contributed by atoms with van der Waals surface area (Å²) in [6.07, 6.45) is 1.38. The average Bonchev–Trinajstić information content (AvgIpc) is 2.80. The number of aromatic nitrogens is 2. The molecule has 10 heteroatoms. The Morgan fingerprint density at radius 1 is 0.969 bits per heavy atom. The summed E-state index contributed by atoms with van der Waals surface area (Å²) in [4.78, 5) is 15.4. The molecule has 4 N–H and O–H groups in total. The molecular formula is C22H27N7O2S. The van der Waals surface area contributed by atoms with Crippen molar-refractivity contribution in [2.75, 3.05) is 42.2 Å². The van der Waals surface area contributed by atoms with Gasteiger partial charge in [-0.25, -0.2) is 18.4 Å². The first-order valence-corrected chi connectivity index (χ1v) is 11.9. The zero-order valence-corrected chi connectivity index (χ0v) is 18.7. The van der Waals surface area contributed by atoms with Crippen LogP contribution in [0, 0.1) is 6.92 Å². The summed E-state index contributed by atoms with van der Waals surface area (Å²) in [6.45, 7) is 6.08. The lowest BCUT2D eigenvalue weighted by molar-refractivity contribution is 0.249. The minimum absolute atomic E-state index is 0.151. The van der Waals surface area contributed by atoms with Gasteiger partial charge in [0, 0.05) is 32.7 Å². The summed E-state index contributed by atoms with van der Waals surface area (Å²) in [5, 5.41) is 0. The molecule has 0 amide bonds. The molecule has 0 aliphatic carbocycles. The van der Waals surface area contributed by atoms with E-state index in [0.717, 1.165) is 38.3 Å². The summed E-state index contributed by atoms with van der Waals surface area (Å²) in [5.41, 5.74) is 11.5. The molecule has 0 saturated carbocycles. The van der Waals surface area contributed by atoms with E-state index in [9.17, 15) is 8.42 Å². The number of nitrogens with one attached hydrogen (secondary N) is 2. The number of anilines is 3. The maximum atomic E-state index is 12.5. The highest BCUT2D eigenvalue weighted by Crippen LogP contribution is 2.27. The first kappa shape index (κ1) is 22.0. The molecule has 1 fully saturated rings. The molecule has 9 nitrogen and oxygen atoms in total. The quantitative estimate of drug-likeness (QED) is 0.465. The van der Waals surface area contributed by atoms with Gasteiger partial charge in [-0.05, 0) is 24.6 Å². The number of nitrogens with zero attached hydrogens (tertiary/aromatic N) is 4. The molecular weight excluding hydrogens is 426 g/mol. The third-order valence-electron chi connectivity index (χ3n) is 5.42. The lowest BCUT2D eigenvalue weighted by atomic mass is 10.2. The number of hydrazine groups is 1. The van der Waals surface area contributed by atoms with E-state index < -0.39 is 10.0 Å². The number of hydrogen-bond donors (Lipinski definition) is 3. The lowest BCUT2D eigenvalue weighted by Gasteiger charge is -2.36. The first-order chi connectivity index (χ1) is 15.4.